The molecule has 18 heavy (non-hydrogen) atoms. The van der Waals surface area contributed by atoms with Crippen molar-refractivity contribution in [3.63, 3.8) is 0 Å². The molecule has 0 saturated carbocycles. The van der Waals surface area contributed by atoms with Crippen molar-refractivity contribution in [1.82, 2.24) is 5.32 Å². The lowest BCUT2D eigenvalue weighted by atomic mass is 10.1. The van der Waals surface area contributed by atoms with Crippen molar-refractivity contribution in [2.24, 2.45) is 0 Å². The van der Waals surface area contributed by atoms with Gasteiger partial charge in [0.1, 0.15) is 12.3 Å². The number of carbonyl (C=O) groups is 2. The second kappa shape index (κ2) is 5.73. The van der Waals surface area contributed by atoms with Gasteiger partial charge in [0.25, 0.3) is 5.91 Å². The highest BCUT2D eigenvalue weighted by molar-refractivity contribution is 6.30. The van der Waals surface area contributed by atoms with Crippen molar-refractivity contribution in [1.29, 1.82) is 0 Å². The number of amides is 1. The average molecular weight is 272 g/mol. The molecule has 5 nitrogen and oxygen atoms in total. The molecule has 1 aromatic carbocycles. The van der Waals surface area contributed by atoms with Gasteiger partial charge in [-0.1, -0.05) is 11.6 Å². The monoisotopic (exact) mass is 271 g/mol. The minimum absolute atomic E-state index is 0.438. The average Bonchev–Trinajstić information content (AvgIpc) is 2.28. The molecule has 0 aliphatic heterocycles. The quantitative estimate of drug-likeness (QED) is 0.855. The predicted octanol–water partition coefficient (Wildman–Crippen LogP) is 1.70. The molecule has 1 rings (SSSR count). The normalized spacial score (nSPS) is 10.8. The summed E-state index contributed by atoms with van der Waals surface area (Å²) in [6.45, 7) is 2.67. The van der Waals surface area contributed by atoms with Crippen LogP contribution in [0, 0.1) is 0 Å². The molecule has 98 valence electrons. The van der Waals surface area contributed by atoms with Gasteiger partial charge in [0.2, 0.25) is 0 Å². The van der Waals surface area contributed by atoms with E-state index in [0.717, 1.165) is 0 Å². The minimum Gasteiger partial charge on any atom is -0.480 e. The Balaban J connectivity index is 2.65. The molecule has 0 aliphatic carbocycles. The van der Waals surface area contributed by atoms with E-state index in [2.05, 4.69) is 5.32 Å². The van der Waals surface area contributed by atoms with Crippen LogP contribution in [0.5, 0.6) is 5.75 Å². The van der Waals surface area contributed by atoms with Crippen LogP contribution in [-0.4, -0.2) is 29.1 Å². The van der Waals surface area contributed by atoms with Crippen molar-refractivity contribution >= 4 is 23.5 Å². The van der Waals surface area contributed by atoms with E-state index >= 15 is 0 Å². The molecule has 0 aromatic heterocycles. The maximum Gasteiger partial charge on any atom is 0.322 e. The Bertz CT molecular complexity index is 442. The van der Waals surface area contributed by atoms with Crippen molar-refractivity contribution in [2.75, 3.05) is 6.54 Å². The van der Waals surface area contributed by atoms with Crippen molar-refractivity contribution < 1.29 is 19.4 Å². The number of carboxylic acid groups (broad SMARTS) is 1. The zero-order valence-corrected chi connectivity index (χ0v) is 10.8. The van der Waals surface area contributed by atoms with Gasteiger partial charge in [-0.3, -0.25) is 9.59 Å². The molecule has 0 atom stereocenters. The van der Waals surface area contributed by atoms with Gasteiger partial charge in [-0.25, -0.2) is 0 Å². The van der Waals surface area contributed by atoms with E-state index in [0.29, 0.717) is 10.8 Å². The van der Waals surface area contributed by atoms with Gasteiger partial charge in [0.05, 0.1) is 0 Å². The zero-order valence-electron chi connectivity index (χ0n) is 10.1. The lowest BCUT2D eigenvalue weighted by molar-refractivity contribution is -0.141. The lowest BCUT2D eigenvalue weighted by Crippen LogP contribution is -2.47. The Morgan fingerprint density at radius 3 is 2.39 bits per heavy atom. The summed E-state index contributed by atoms with van der Waals surface area (Å²) in [4.78, 5) is 22.1. The largest absolute Gasteiger partial charge is 0.480 e. The molecule has 1 amide bonds. The molecule has 0 spiro atoms. The second-order valence-electron chi connectivity index (χ2n) is 4.14. The number of ether oxygens (including phenoxy) is 1. The minimum atomic E-state index is -1.16. The first-order valence-corrected chi connectivity index (χ1v) is 5.64. The first kappa shape index (κ1) is 14.3. The molecule has 0 radical (unpaired) electrons. The van der Waals surface area contributed by atoms with Crippen LogP contribution in [0.15, 0.2) is 24.3 Å². The van der Waals surface area contributed by atoms with Gasteiger partial charge in [0, 0.05) is 5.02 Å². The third-order valence-corrected chi connectivity index (χ3v) is 2.39. The molecular weight excluding hydrogens is 258 g/mol. The number of nitrogens with one attached hydrogen (secondary N) is 1. The third kappa shape index (κ3) is 4.25. The standard InChI is InChI=1S/C12H14ClNO4/c1-12(2,11(17)14-7-10(15)16)18-9-5-3-8(13)4-6-9/h3-6H,7H2,1-2H3,(H,14,17)(H,15,16). The van der Waals surface area contributed by atoms with E-state index < -0.39 is 24.0 Å². The highest BCUT2D eigenvalue weighted by Gasteiger charge is 2.30. The van der Waals surface area contributed by atoms with Crippen LogP contribution < -0.4 is 10.1 Å². The van der Waals surface area contributed by atoms with E-state index in [9.17, 15) is 9.59 Å². The molecule has 0 unspecified atom stereocenters. The van der Waals surface area contributed by atoms with Crippen LogP contribution in [0.3, 0.4) is 0 Å². The van der Waals surface area contributed by atoms with E-state index in [1.54, 1.807) is 38.1 Å². The molecule has 0 fully saturated rings. The fraction of sp³-hybridized carbons (Fsp3) is 0.333. The summed E-state index contributed by atoms with van der Waals surface area (Å²) in [6, 6.07) is 6.55. The van der Waals surface area contributed by atoms with E-state index in [4.69, 9.17) is 21.4 Å². The van der Waals surface area contributed by atoms with Crippen LogP contribution in [0.2, 0.25) is 5.02 Å². The molecule has 0 aliphatic rings. The van der Waals surface area contributed by atoms with Gasteiger partial charge < -0.3 is 15.2 Å². The highest BCUT2D eigenvalue weighted by Crippen LogP contribution is 2.20. The summed E-state index contributed by atoms with van der Waals surface area (Å²) in [5.74, 6) is -1.12. The first-order valence-electron chi connectivity index (χ1n) is 5.26. The van der Waals surface area contributed by atoms with Crippen molar-refractivity contribution in [2.45, 2.75) is 19.4 Å². The Morgan fingerprint density at radius 1 is 1.33 bits per heavy atom. The van der Waals surface area contributed by atoms with E-state index in [-0.39, 0.29) is 0 Å². The van der Waals surface area contributed by atoms with E-state index in [1.807, 2.05) is 0 Å². The van der Waals surface area contributed by atoms with Crippen LogP contribution in [-0.2, 0) is 9.59 Å². The number of halogens is 1. The van der Waals surface area contributed by atoms with Crippen LogP contribution in [0.25, 0.3) is 0 Å². The third-order valence-electron chi connectivity index (χ3n) is 2.13. The topological polar surface area (TPSA) is 75.6 Å². The van der Waals surface area contributed by atoms with E-state index in [1.165, 1.54) is 0 Å². The Morgan fingerprint density at radius 2 is 1.89 bits per heavy atom. The summed E-state index contributed by atoms with van der Waals surface area (Å²) in [5.41, 5.74) is -1.16. The molecule has 1 aromatic rings. The number of hydrogen-bond acceptors (Lipinski definition) is 3. The Kier molecular flexibility index (Phi) is 4.55. The highest BCUT2D eigenvalue weighted by atomic mass is 35.5. The first-order chi connectivity index (χ1) is 8.31. The van der Waals surface area contributed by atoms with Crippen LogP contribution >= 0.6 is 11.6 Å². The Labute approximate surface area is 110 Å². The molecule has 0 saturated heterocycles. The molecule has 0 heterocycles. The van der Waals surface area contributed by atoms with Gasteiger partial charge in [-0.2, -0.15) is 0 Å². The zero-order chi connectivity index (χ0) is 13.8. The predicted molar refractivity (Wildman–Crippen MR) is 66.8 cm³/mol. The van der Waals surface area contributed by atoms with Gasteiger partial charge in [-0.05, 0) is 38.1 Å². The summed E-state index contributed by atoms with van der Waals surface area (Å²) < 4.78 is 5.49. The fourth-order valence-corrected chi connectivity index (χ4v) is 1.34. The molecule has 2 N–H and O–H groups in total. The maximum absolute atomic E-state index is 11.7. The SMILES string of the molecule is CC(C)(Oc1ccc(Cl)cc1)C(=O)NCC(=O)O. The summed E-state index contributed by atoms with van der Waals surface area (Å²) in [6.07, 6.45) is 0. The molecule has 0 bridgehead atoms. The number of hydrogen-bond donors (Lipinski definition) is 2. The fourth-order valence-electron chi connectivity index (χ4n) is 1.21. The Hall–Kier alpha value is -1.75. The number of rotatable bonds is 5. The lowest BCUT2D eigenvalue weighted by Gasteiger charge is -2.24. The summed E-state index contributed by atoms with van der Waals surface area (Å²) in [7, 11) is 0. The number of carbonyl (C=O) groups excluding carboxylic acids is 1. The molecule has 6 heteroatoms. The second-order valence-corrected chi connectivity index (χ2v) is 4.58. The number of carboxylic acids is 1. The van der Waals surface area contributed by atoms with Gasteiger partial charge >= 0.3 is 5.97 Å². The van der Waals surface area contributed by atoms with Crippen molar-refractivity contribution in [3.8, 4) is 5.75 Å². The number of benzene rings is 1. The van der Waals surface area contributed by atoms with Gasteiger partial charge in [-0.15, -0.1) is 0 Å². The van der Waals surface area contributed by atoms with Gasteiger partial charge in [0.15, 0.2) is 5.60 Å². The number of aliphatic carboxylic acids is 1. The summed E-state index contributed by atoms with van der Waals surface area (Å²) in [5, 5.41) is 11.3. The maximum atomic E-state index is 11.7. The molecular formula is C12H14ClNO4. The van der Waals surface area contributed by atoms with Crippen molar-refractivity contribution in [3.05, 3.63) is 29.3 Å². The smallest absolute Gasteiger partial charge is 0.322 e. The van der Waals surface area contributed by atoms with Crippen LogP contribution in [0.1, 0.15) is 13.8 Å². The van der Waals surface area contributed by atoms with Crippen LogP contribution in [0.4, 0.5) is 0 Å². The summed E-state index contributed by atoms with van der Waals surface area (Å²) >= 11 is 5.73.